The minimum Gasteiger partial charge on any atom is -0.478 e. The molecule has 110 valence electrons. The maximum Gasteiger partial charge on any atom is 0.335 e. The molecule has 7 heteroatoms. The van der Waals surface area contributed by atoms with E-state index in [1.807, 2.05) is 0 Å². The lowest BCUT2D eigenvalue weighted by Gasteiger charge is -2.01. The van der Waals surface area contributed by atoms with Gasteiger partial charge in [-0.15, -0.1) is 10.2 Å². The van der Waals surface area contributed by atoms with Crippen molar-refractivity contribution < 1.29 is 14.3 Å². The van der Waals surface area contributed by atoms with E-state index in [-0.39, 0.29) is 17.3 Å². The number of aromatic nitrogens is 2. The average molecular weight is 335 g/mol. The Morgan fingerprint density at radius 2 is 1.64 bits per heavy atom. The van der Waals surface area contributed by atoms with E-state index in [4.69, 9.17) is 32.7 Å². The van der Waals surface area contributed by atoms with Crippen molar-refractivity contribution in [3.05, 3.63) is 58.1 Å². The van der Waals surface area contributed by atoms with Gasteiger partial charge in [0.05, 0.1) is 21.2 Å². The monoisotopic (exact) mass is 334 g/mol. The Morgan fingerprint density at radius 1 is 1.00 bits per heavy atom. The van der Waals surface area contributed by atoms with Crippen LogP contribution in [0.3, 0.4) is 0 Å². The van der Waals surface area contributed by atoms with Gasteiger partial charge in [0.25, 0.3) is 5.89 Å². The standard InChI is InChI=1S/C15H8Cl2N2O3/c16-10-5-2-6-11(17)12(10)14-19-18-13(22-14)8-3-1-4-9(7-8)15(20)21/h1-7H,(H,20,21). The second-order valence-corrected chi connectivity index (χ2v) is 5.21. The van der Waals surface area contributed by atoms with Crippen LogP contribution in [0.4, 0.5) is 0 Å². The fraction of sp³-hybridized carbons (Fsp3) is 0. The van der Waals surface area contributed by atoms with E-state index in [1.54, 1.807) is 30.3 Å². The fourth-order valence-corrected chi connectivity index (χ4v) is 2.49. The summed E-state index contributed by atoms with van der Waals surface area (Å²) in [5, 5.41) is 17.6. The minimum atomic E-state index is -1.03. The van der Waals surface area contributed by atoms with E-state index in [2.05, 4.69) is 10.2 Å². The fourth-order valence-electron chi connectivity index (χ4n) is 1.93. The van der Waals surface area contributed by atoms with E-state index in [0.717, 1.165) is 0 Å². The summed E-state index contributed by atoms with van der Waals surface area (Å²) >= 11 is 12.2. The summed E-state index contributed by atoms with van der Waals surface area (Å²) in [7, 11) is 0. The molecule has 0 radical (unpaired) electrons. The molecule has 1 aromatic heterocycles. The number of benzene rings is 2. The van der Waals surface area contributed by atoms with Crippen LogP contribution in [0.1, 0.15) is 10.4 Å². The molecular weight excluding hydrogens is 327 g/mol. The summed E-state index contributed by atoms with van der Waals surface area (Å²) in [5.41, 5.74) is 1.08. The molecule has 1 heterocycles. The predicted octanol–water partition coefficient (Wildman–Crippen LogP) is 4.41. The highest BCUT2D eigenvalue weighted by Crippen LogP contribution is 2.34. The molecule has 1 N–H and O–H groups in total. The van der Waals surface area contributed by atoms with Gasteiger partial charge in [0.1, 0.15) is 0 Å². The smallest absolute Gasteiger partial charge is 0.335 e. The van der Waals surface area contributed by atoms with Crippen molar-refractivity contribution in [1.29, 1.82) is 0 Å². The van der Waals surface area contributed by atoms with E-state index < -0.39 is 5.97 Å². The Bertz CT molecular complexity index is 841. The highest BCUT2D eigenvalue weighted by Gasteiger charge is 2.17. The molecule has 0 spiro atoms. The maximum atomic E-state index is 11.0. The van der Waals surface area contributed by atoms with Gasteiger partial charge in [-0.25, -0.2) is 4.79 Å². The molecule has 0 saturated heterocycles. The average Bonchev–Trinajstić information content (AvgIpc) is 2.97. The largest absolute Gasteiger partial charge is 0.478 e. The lowest BCUT2D eigenvalue weighted by atomic mass is 10.1. The molecule has 3 rings (SSSR count). The molecule has 5 nitrogen and oxygen atoms in total. The topological polar surface area (TPSA) is 76.2 Å². The molecular formula is C15H8Cl2N2O3. The predicted molar refractivity (Wildman–Crippen MR) is 82.1 cm³/mol. The van der Waals surface area contributed by atoms with Gasteiger partial charge in [0, 0.05) is 5.56 Å². The molecule has 0 unspecified atom stereocenters. The van der Waals surface area contributed by atoms with Crippen molar-refractivity contribution >= 4 is 29.2 Å². The van der Waals surface area contributed by atoms with Gasteiger partial charge in [-0.05, 0) is 30.3 Å². The number of hydrogen-bond donors (Lipinski definition) is 1. The van der Waals surface area contributed by atoms with Gasteiger partial charge in [-0.3, -0.25) is 0 Å². The van der Waals surface area contributed by atoms with Gasteiger partial charge in [0.2, 0.25) is 5.89 Å². The summed E-state index contributed by atoms with van der Waals surface area (Å²) in [4.78, 5) is 11.0. The summed E-state index contributed by atoms with van der Waals surface area (Å²) < 4.78 is 5.57. The molecule has 22 heavy (non-hydrogen) atoms. The zero-order valence-electron chi connectivity index (χ0n) is 11.0. The Kier molecular flexibility index (Phi) is 3.83. The summed E-state index contributed by atoms with van der Waals surface area (Å²) in [5.74, 6) is -0.670. The summed E-state index contributed by atoms with van der Waals surface area (Å²) in [6.45, 7) is 0. The lowest BCUT2D eigenvalue weighted by Crippen LogP contribution is -1.95. The second kappa shape index (κ2) is 5.79. The van der Waals surface area contributed by atoms with Gasteiger partial charge in [-0.1, -0.05) is 35.3 Å². The van der Waals surface area contributed by atoms with Crippen molar-refractivity contribution in [3.63, 3.8) is 0 Å². The van der Waals surface area contributed by atoms with Crippen LogP contribution < -0.4 is 0 Å². The molecule has 0 aliphatic rings. The molecule has 0 saturated carbocycles. The number of nitrogens with zero attached hydrogens (tertiary/aromatic N) is 2. The summed E-state index contributed by atoms with van der Waals surface area (Å²) in [6.07, 6.45) is 0. The molecule has 0 aliphatic heterocycles. The van der Waals surface area contributed by atoms with E-state index >= 15 is 0 Å². The molecule has 2 aromatic carbocycles. The first kappa shape index (κ1) is 14.6. The second-order valence-electron chi connectivity index (χ2n) is 4.39. The Morgan fingerprint density at radius 3 is 2.32 bits per heavy atom. The van der Waals surface area contributed by atoms with Crippen molar-refractivity contribution in [3.8, 4) is 22.9 Å². The van der Waals surface area contributed by atoms with Crippen LogP contribution in [-0.2, 0) is 0 Å². The third kappa shape index (κ3) is 2.68. The van der Waals surface area contributed by atoms with Crippen molar-refractivity contribution in [2.45, 2.75) is 0 Å². The number of aromatic carboxylic acids is 1. The first-order chi connectivity index (χ1) is 10.6. The van der Waals surface area contributed by atoms with E-state index in [0.29, 0.717) is 21.2 Å². The van der Waals surface area contributed by atoms with Crippen molar-refractivity contribution in [2.24, 2.45) is 0 Å². The Balaban J connectivity index is 2.05. The van der Waals surface area contributed by atoms with Crippen molar-refractivity contribution in [1.82, 2.24) is 10.2 Å². The third-order valence-electron chi connectivity index (χ3n) is 2.96. The molecule has 0 bridgehead atoms. The Hall–Kier alpha value is -2.37. The van der Waals surface area contributed by atoms with Gasteiger partial charge in [-0.2, -0.15) is 0 Å². The van der Waals surface area contributed by atoms with Crippen LogP contribution in [0.5, 0.6) is 0 Å². The normalized spacial score (nSPS) is 10.6. The zero-order valence-corrected chi connectivity index (χ0v) is 12.5. The van der Waals surface area contributed by atoms with Gasteiger partial charge >= 0.3 is 5.97 Å². The van der Waals surface area contributed by atoms with Crippen LogP contribution in [0.25, 0.3) is 22.9 Å². The number of carboxylic acid groups (broad SMARTS) is 1. The van der Waals surface area contributed by atoms with Crippen LogP contribution in [-0.4, -0.2) is 21.3 Å². The quantitative estimate of drug-likeness (QED) is 0.767. The van der Waals surface area contributed by atoms with E-state index in [1.165, 1.54) is 12.1 Å². The molecule has 0 fully saturated rings. The number of halogens is 2. The van der Waals surface area contributed by atoms with Crippen LogP contribution in [0.15, 0.2) is 46.9 Å². The lowest BCUT2D eigenvalue weighted by molar-refractivity contribution is 0.0697. The first-order valence-electron chi connectivity index (χ1n) is 6.18. The first-order valence-corrected chi connectivity index (χ1v) is 6.93. The van der Waals surface area contributed by atoms with Crippen LogP contribution in [0, 0.1) is 0 Å². The minimum absolute atomic E-state index is 0.132. The third-order valence-corrected chi connectivity index (χ3v) is 3.59. The highest BCUT2D eigenvalue weighted by molar-refractivity contribution is 6.38. The zero-order chi connectivity index (χ0) is 15.7. The van der Waals surface area contributed by atoms with Gasteiger partial charge in [0.15, 0.2) is 0 Å². The number of carboxylic acids is 1. The Labute approximate surface area is 135 Å². The van der Waals surface area contributed by atoms with E-state index in [9.17, 15) is 4.79 Å². The van der Waals surface area contributed by atoms with Crippen molar-refractivity contribution in [2.75, 3.05) is 0 Å². The highest BCUT2D eigenvalue weighted by atomic mass is 35.5. The molecule has 3 aromatic rings. The summed E-state index contributed by atoms with van der Waals surface area (Å²) in [6, 6.07) is 11.3. The van der Waals surface area contributed by atoms with Crippen LogP contribution in [0.2, 0.25) is 10.0 Å². The molecule has 0 atom stereocenters. The van der Waals surface area contributed by atoms with Crippen LogP contribution >= 0.6 is 23.2 Å². The molecule has 0 aliphatic carbocycles. The molecule has 0 amide bonds. The number of carbonyl (C=O) groups is 1. The number of rotatable bonds is 3. The number of hydrogen-bond acceptors (Lipinski definition) is 4. The SMILES string of the molecule is O=C(O)c1cccc(-c2nnc(-c3c(Cl)cccc3Cl)o2)c1. The maximum absolute atomic E-state index is 11.0. The van der Waals surface area contributed by atoms with Gasteiger partial charge < -0.3 is 9.52 Å².